The molecule has 2 heterocycles. The molecular formula is C17H18N6O2. The number of hydrogen-bond donors (Lipinski definition) is 2. The lowest BCUT2D eigenvalue weighted by molar-refractivity contribution is 0.111. The molecule has 0 bridgehead atoms. The Kier molecular flexibility index (Phi) is 5.63. The van der Waals surface area contributed by atoms with Gasteiger partial charge in [-0.15, -0.1) is 0 Å². The maximum Gasteiger partial charge on any atom is 0.328 e. The Hall–Kier alpha value is -3.47. The molecule has 2 N–H and O–H groups in total. The van der Waals surface area contributed by atoms with Crippen LogP contribution in [-0.4, -0.2) is 35.4 Å². The zero-order valence-electron chi connectivity index (χ0n) is 14.1. The molecule has 0 radical (unpaired) electrons. The van der Waals surface area contributed by atoms with E-state index in [1.807, 2.05) is 13.8 Å². The number of hydrogen-bond acceptors (Lipinski definition) is 6. The lowest BCUT2D eigenvalue weighted by atomic mass is 10.2. The average molecular weight is 338 g/mol. The van der Waals surface area contributed by atoms with E-state index in [-0.39, 0.29) is 11.7 Å². The van der Waals surface area contributed by atoms with Gasteiger partial charge >= 0.3 is 6.03 Å². The first-order chi connectivity index (χ1) is 11.9. The van der Waals surface area contributed by atoms with Crippen molar-refractivity contribution in [2.24, 2.45) is 0 Å². The quantitative estimate of drug-likeness (QED) is 0.811. The first kappa shape index (κ1) is 17.9. The average Bonchev–Trinajstić information content (AvgIpc) is 2.60. The van der Waals surface area contributed by atoms with Crippen molar-refractivity contribution in [1.82, 2.24) is 9.97 Å². The smallest absolute Gasteiger partial charge is 0.328 e. The van der Waals surface area contributed by atoms with Crippen molar-refractivity contribution >= 4 is 29.6 Å². The van der Waals surface area contributed by atoms with E-state index in [9.17, 15) is 9.59 Å². The van der Waals surface area contributed by atoms with E-state index < -0.39 is 6.03 Å². The van der Waals surface area contributed by atoms with Crippen molar-refractivity contribution in [3.8, 4) is 6.07 Å². The van der Waals surface area contributed by atoms with Gasteiger partial charge in [-0.2, -0.15) is 5.26 Å². The zero-order chi connectivity index (χ0) is 18.4. The summed E-state index contributed by atoms with van der Waals surface area (Å²) >= 11 is 0. The van der Waals surface area contributed by atoms with E-state index in [1.54, 1.807) is 24.3 Å². The summed E-state index contributed by atoms with van der Waals surface area (Å²) in [5, 5.41) is 14.9. The Bertz CT molecular complexity index is 828. The number of nitrogens with zero attached hydrogens (tertiary/aromatic N) is 4. The van der Waals surface area contributed by atoms with Crippen LogP contribution in [0.2, 0.25) is 0 Å². The number of carbonyl (C=O) groups is 2. The molecule has 2 aromatic rings. The van der Waals surface area contributed by atoms with Gasteiger partial charge in [-0.1, -0.05) is 6.07 Å². The van der Waals surface area contributed by atoms with Crippen LogP contribution >= 0.6 is 0 Å². The monoisotopic (exact) mass is 338 g/mol. The molecule has 2 aromatic heterocycles. The van der Waals surface area contributed by atoms with Crippen LogP contribution in [0.3, 0.4) is 0 Å². The maximum absolute atomic E-state index is 12.4. The van der Waals surface area contributed by atoms with E-state index in [2.05, 4.69) is 26.7 Å². The van der Waals surface area contributed by atoms with Gasteiger partial charge in [0.2, 0.25) is 0 Å². The summed E-state index contributed by atoms with van der Waals surface area (Å²) in [4.78, 5) is 32.6. The van der Waals surface area contributed by atoms with E-state index >= 15 is 0 Å². The van der Waals surface area contributed by atoms with Gasteiger partial charge in [0.15, 0.2) is 6.29 Å². The second-order valence-electron chi connectivity index (χ2n) is 5.55. The third kappa shape index (κ3) is 4.51. The predicted molar refractivity (Wildman–Crippen MR) is 94.8 cm³/mol. The maximum atomic E-state index is 12.4. The molecule has 128 valence electrons. The molecular weight excluding hydrogens is 320 g/mol. The van der Waals surface area contributed by atoms with Crippen molar-refractivity contribution in [3.63, 3.8) is 0 Å². The van der Waals surface area contributed by atoms with Gasteiger partial charge in [0.05, 0.1) is 11.3 Å². The van der Waals surface area contributed by atoms with Gasteiger partial charge in [-0.25, -0.2) is 14.8 Å². The minimum Gasteiger partial charge on any atom is -0.382 e. The largest absolute Gasteiger partial charge is 0.382 e. The number of amides is 2. The number of carbonyl (C=O) groups excluding carboxylic acids is 2. The van der Waals surface area contributed by atoms with Crippen molar-refractivity contribution in [3.05, 3.63) is 41.7 Å². The lowest BCUT2D eigenvalue weighted by Crippen LogP contribution is -2.32. The highest BCUT2D eigenvalue weighted by atomic mass is 16.2. The van der Waals surface area contributed by atoms with Crippen LogP contribution < -0.4 is 15.5 Å². The number of aldehydes is 1. The van der Waals surface area contributed by atoms with Gasteiger partial charge in [0.1, 0.15) is 23.4 Å². The number of urea groups is 1. The number of nitriles is 1. The second-order valence-corrected chi connectivity index (χ2v) is 5.55. The van der Waals surface area contributed by atoms with Crippen LogP contribution in [0.5, 0.6) is 0 Å². The van der Waals surface area contributed by atoms with Gasteiger partial charge in [-0.05, 0) is 26.0 Å². The molecule has 0 unspecified atom stereocenters. The lowest BCUT2D eigenvalue weighted by Gasteiger charge is -2.18. The van der Waals surface area contributed by atoms with E-state index in [1.165, 1.54) is 18.1 Å². The fraction of sp³-hybridized carbons (Fsp3) is 0.235. The summed E-state index contributed by atoms with van der Waals surface area (Å²) in [7, 11) is 1.53. The Labute approximate surface area is 145 Å². The normalized spacial score (nSPS) is 10.0. The Balaban J connectivity index is 2.19. The summed E-state index contributed by atoms with van der Waals surface area (Å²) in [6.45, 7) is 3.89. The van der Waals surface area contributed by atoms with Crippen LogP contribution in [0.4, 0.5) is 22.1 Å². The fourth-order valence-electron chi connectivity index (χ4n) is 2.03. The number of rotatable bonds is 5. The Morgan fingerprint density at radius 1 is 1.40 bits per heavy atom. The summed E-state index contributed by atoms with van der Waals surface area (Å²) in [6, 6.07) is 8.11. The molecule has 0 aliphatic heterocycles. The molecule has 2 rings (SSSR count). The SMILES string of the molecule is CC(C)Nc1cc(NC(=O)N(C)c2cccc(C=O)n2)ncc1C#N. The van der Waals surface area contributed by atoms with Crippen molar-refractivity contribution in [2.75, 3.05) is 22.6 Å². The molecule has 0 fully saturated rings. The van der Waals surface area contributed by atoms with Crippen LogP contribution in [0.1, 0.15) is 29.9 Å². The number of anilines is 3. The molecule has 0 saturated carbocycles. The summed E-state index contributed by atoms with van der Waals surface area (Å²) < 4.78 is 0. The Morgan fingerprint density at radius 3 is 2.80 bits per heavy atom. The van der Waals surface area contributed by atoms with Gasteiger partial charge in [0, 0.05) is 25.4 Å². The van der Waals surface area contributed by atoms with Gasteiger partial charge < -0.3 is 5.32 Å². The molecule has 0 aromatic carbocycles. The van der Waals surface area contributed by atoms with E-state index in [4.69, 9.17) is 5.26 Å². The molecule has 8 heteroatoms. The molecule has 8 nitrogen and oxygen atoms in total. The minimum atomic E-state index is -0.469. The second kappa shape index (κ2) is 7.88. The van der Waals surface area contributed by atoms with E-state index in [0.717, 1.165) is 0 Å². The van der Waals surface area contributed by atoms with Crippen LogP contribution in [0, 0.1) is 11.3 Å². The topological polar surface area (TPSA) is 111 Å². The first-order valence-corrected chi connectivity index (χ1v) is 7.58. The fourth-order valence-corrected chi connectivity index (χ4v) is 2.03. The molecule has 0 aliphatic carbocycles. The molecule has 2 amide bonds. The molecule has 0 aliphatic rings. The van der Waals surface area contributed by atoms with Crippen molar-refractivity contribution in [2.45, 2.75) is 19.9 Å². The number of nitrogens with one attached hydrogen (secondary N) is 2. The highest BCUT2D eigenvalue weighted by Gasteiger charge is 2.14. The van der Waals surface area contributed by atoms with Crippen LogP contribution in [0.25, 0.3) is 0 Å². The number of aromatic nitrogens is 2. The molecule has 25 heavy (non-hydrogen) atoms. The standard InChI is InChI=1S/C17H18N6O2/c1-11(2)20-14-7-15(19-9-12(14)8-18)22-17(25)23(3)16-6-4-5-13(10-24)21-16/h4-7,9-11H,1-3H3,(H2,19,20,22,25). The molecule has 0 saturated heterocycles. The van der Waals surface area contributed by atoms with Crippen molar-refractivity contribution < 1.29 is 9.59 Å². The van der Waals surface area contributed by atoms with Crippen LogP contribution in [-0.2, 0) is 0 Å². The molecule has 0 spiro atoms. The number of pyridine rings is 2. The summed E-state index contributed by atoms with van der Waals surface area (Å²) in [6.07, 6.45) is 2.01. The third-order valence-electron chi connectivity index (χ3n) is 3.23. The van der Waals surface area contributed by atoms with Gasteiger partial charge in [-0.3, -0.25) is 15.0 Å². The highest BCUT2D eigenvalue weighted by molar-refractivity contribution is 6.00. The summed E-state index contributed by atoms with van der Waals surface area (Å²) in [5.74, 6) is 0.627. The Morgan fingerprint density at radius 2 is 2.16 bits per heavy atom. The highest BCUT2D eigenvalue weighted by Crippen LogP contribution is 2.19. The molecule has 0 atom stereocenters. The predicted octanol–water partition coefficient (Wildman–Crippen LogP) is 2.65. The first-order valence-electron chi connectivity index (χ1n) is 7.58. The van der Waals surface area contributed by atoms with Crippen molar-refractivity contribution in [1.29, 1.82) is 5.26 Å². The third-order valence-corrected chi connectivity index (χ3v) is 3.23. The minimum absolute atomic E-state index is 0.121. The van der Waals surface area contributed by atoms with Gasteiger partial charge in [0.25, 0.3) is 0 Å². The summed E-state index contributed by atoms with van der Waals surface area (Å²) in [5.41, 5.74) is 1.21. The zero-order valence-corrected chi connectivity index (χ0v) is 14.1. The van der Waals surface area contributed by atoms with Crippen LogP contribution in [0.15, 0.2) is 30.5 Å². The van der Waals surface area contributed by atoms with E-state index in [0.29, 0.717) is 29.2 Å².